The Bertz CT molecular complexity index is 248. The molecule has 2 unspecified atom stereocenters. The van der Waals surface area contributed by atoms with Gasteiger partial charge in [-0.15, -0.1) is 0 Å². The van der Waals surface area contributed by atoms with E-state index in [0.717, 1.165) is 38.3 Å². The number of hydrogen-bond donors (Lipinski definition) is 2. The van der Waals surface area contributed by atoms with Crippen molar-refractivity contribution in [3.8, 4) is 0 Å². The molecule has 4 heteroatoms. The molecule has 0 aromatic carbocycles. The fourth-order valence-electron chi connectivity index (χ4n) is 3.08. The molecule has 0 amide bonds. The highest BCUT2D eigenvalue weighted by atomic mass is 16.5. The third kappa shape index (κ3) is 6.08. The van der Waals surface area contributed by atoms with Crippen LogP contribution in [0.1, 0.15) is 51.9 Å². The van der Waals surface area contributed by atoms with E-state index in [1.165, 1.54) is 25.7 Å². The van der Waals surface area contributed by atoms with Gasteiger partial charge >= 0.3 is 0 Å². The fourth-order valence-corrected chi connectivity index (χ4v) is 3.08. The summed E-state index contributed by atoms with van der Waals surface area (Å²) in [5.41, 5.74) is 0. The summed E-state index contributed by atoms with van der Waals surface area (Å²) in [6.45, 7) is 5.10. The van der Waals surface area contributed by atoms with E-state index in [1.54, 1.807) is 0 Å². The average Bonchev–Trinajstić information content (AvgIpc) is 2.48. The van der Waals surface area contributed by atoms with Crippen LogP contribution in [0.25, 0.3) is 0 Å². The van der Waals surface area contributed by atoms with E-state index in [9.17, 15) is 5.11 Å². The van der Waals surface area contributed by atoms with Crippen molar-refractivity contribution in [3.05, 3.63) is 0 Å². The predicted octanol–water partition coefficient (Wildman–Crippen LogP) is 2.10. The lowest BCUT2D eigenvalue weighted by atomic mass is 9.89. The average molecular weight is 285 g/mol. The zero-order valence-electron chi connectivity index (χ0n) is 12.9. The van der Waals surface area contributed by atoms with E-state index >= 15 is 0 Å². The van der Waals surface area contributed by atoms with Crippen LogP contribution in [0.3, 0.4) is 0 Å². The van der Waals surface area contributed by atoms with Crippen molar-refractivity contribution in [2.45, 2.75) is 70.2 Å². The topological polar surface area (TPSA) is 50.7 Å². The molecule has 2 rings (SSSR count). The van der Waals surface area contributed by atoms with Gasteiger partial charge < -0.3 is 19.9 Å². The van der Waals surface area contributed by atoms with Gasteiger partial charge in [0.2, 0.25) is 0 Å². The second kappa shape index (κ2) is 8.98. The third-order valence-corrected chi connectivity index (χ3v) is 4.51. The Morgan fingerprint density at radius 1 is 1.20 bits per heavy atom. The SMILES string of the molecule is CC1CCC(OCC(O)CNCC2CCCCO2)CC1. The molecule has 0 aromatic heterocycles. The molecule has 2 N–H and O–H groups in total. The van der Waals surface area contributed by atoms with Gasteiger partial charge in [-0.25, -0.2) is 0 Å². The van der Waals surface area contributed by atoms with Crippen LogP contribution in [0, 0.1) is 5.92 Å². The Morgan fingerprint density at radius 3 is 2.70 bits per heavy atom. The molecule has 1 aliphatic heterocycles. The minimum atomic E-state index is -0.405. The summed E-state index contributed by atoms with van der Waals surface area (Å²) in [6.07, 6.45) is 8.70. The Kier molecular flexibility index (Phi) is 7.28. The Hall–Kier alpha value is -0.160. The van der Waals surface area contributed by atoms with Crippen molar-refractivity contribution in [2.24, 2.45) is 5.92 Å². The van der Waals surface area contributed by atoms with Gasteiger partial charge in [0, 0.05) is 19.7 Å². The van der Waals surface area contributed by atoms with E-state index < -0.39 is 6.10 Å². The van der Waals surface area contributed by atoms with Crippen LogP contribution in [0.5, 0.6) is 0 Å². The van der Waals surface area contributed by atoms with E-state index in [1.807, 2.05) is 0 Å². The number of nitrogens with one attached hydrogen (secondary N) is 1. The molecule has 0 spiro atoms. The Balaban J connectivity index is 1.48. The first kappa shape index (κ1) is 16.2. The van der Waals surface area contributed by atoms with Crippen molar-refractivity contribution in [2.75, 3.05) is 26.3 Å². The molecule has 20 heavy (non-hydrogen) atoms. The van der Waals surface area contributed by atoms with E-state index in [4.69, 9.17) is 9.47 Å². The van der Waals surface area contributed by atoms with E-state index in [0.29, 0.717) is 25.4 Å². The molecular formula is C16H31NO3. The molecule has 0 bridgehead atoms. The molecule has 2 atom stereocenters. The Labute approximate surface area is 123 Å². The van der Waals surface area contributed by atoms with Gasteiger partial charge in [0.25, 0.3) is 0 Å². The van der Waals surface area contributed by atoms with Crippen LogP contribution in [-0.4, -0.2) is 49.7 Å². The Morgan fingerprint density at radius 2 is 2.00 bits per heavy atom. The molecule has 4 nitrogen and oxygen atoms in total. The molecular weight excluding hydrogens is 254 g/mol. The van der Waals surface area contributed by atoms with Gasteiger partial charge in [-0.1, -0.05) is 6.92 Å². The van der Waals surface area contributed by atoms with E-state index in [-0.39, 0.29) is 0 Å². The first-order valence-electron chi connectivity index (χ1n) is 8.36. The summed E-state index contributed by atoms with van der Waals surface area (Å²) in [6, 6.07) is 0. The lowest BCUT2D eigenvalue weighted by Gasteiger charge is -2.27. The summed E-state index contributed by atoms with van der Waals surface area (Å²) in [5, 5.41) is 13.2. The monoisotopic (exact) mass is 285 g/mol. The summed E-state index contributed by atoms with van der Waals surface area (Å²) in [4.78, 5) is 0. The van der Waals surface area contributed by atoms with Crippen LogP contribution in [0.2, 0.25) is 0 Å². The maximum Gasteiger partial charge on any atom is 0.0897 e. The molecule has 1 heterocycles. The highest BCUT2D eigenvalue weighted by Crippen LogP contribution is 2.25. The molecule has 2 fully saturated rings. The largest absolute Gasteiger partial charge is 0.389 e. The number of hydrogen-bond acceptors (Lipinski definition) is 4. The second-order valence-corrected chi connectivity index (χ2v) is 6.52. The zero-order valence-corrected chi connectivity index (χ0v) is 12.9. The first-order valence-corrected chi connectivity index (χ1v) is 8.36. The molecule has 0 radical (unpaired) electrons. The highest BCUT2D eigenvalue weighted by Gasteiger charge is 2.19. The quantitative estimate of drug-likeness (QED) is 0.752. The van der Waals surface area contributed by atoms with Crippen molar-refractivity contribution < 1.29 is 14.6 Å². The first-order chi connectivity index (χ1) is 9.74. The minimum Gasteiger partial charge on any atom is -0.389 e. The van der Waals surface area contributed by atoms with Crippen LogP contribution in [0.15, 0.2) is 0 Å². The van der Waals surface area contributed by atoms with Crippen molar-refractivity contribution >= 4 is 0 Å². The molecule has 1 saturated carbocycles. The van der Waals surface area contributed by atoms with Gasteiger partial charge in [0.15, 0.2) is 0 Å². The lowest BCUT2D eigenvalue weighted by molar-refractivity contribution is -0.0300. The van der Waals surface area contributed by atoms with Crippen molar-refractivity contribution in [1.29, 1.82) is 0 Å². The smallest absolute Gasteiger partial charge is 0.0897 e. The standard InChI is InChI=1S/C16H31NO3/c1-13-5-7-15(8-6-13)20-12-14(18)10-17-11-16-4-2-3-9-19-16/h13-18H,2-12H2,1H3. The van der Waals surface area contributed by atoms with E-state index in [2.05, 4.69) is 12.2 Å². The summed E-state index contributed by atoms with van der Waals surface area (Å²) < 4.78 is 11.5. The van der Waals surface area contributed by atoms with Gasteiger partial charge in [0.05, 0.1) is 24.9 Å². The van der Waals surface area contributed by atoms with Gasteiger partial charge in [-0.2, -0.15) is 0 Å². The number of ether oxygens (including phenoxy) is 2. The lowest BCUT2D eigenvalue weighted by Crippen LogP contribution is -2.38. The molecule has 0 aromatic rings. The van der Waals surface area contributed by atoms with Crippen molar-refractivity contribution in [3.63, 3.8) is 0 Å². The normalized spacial score (nSPS) is 33.0. The number of rotatable bonds is 7. The van der Waals surface area contributed by atoms with Crippen LogP contribution >= 0.6 is 0 Å². The van der Waals surface area contributed by atoms with Crippen molar-refractivity contribution in [1.82, 2.24) is 5.32 Å². The molecule has 2 aliphatic rings. The zero-order chi connectivity index (χ0) is 14.2. The molecule has 1 aliphatic carbocycles. The predicted molar refractivity (Wildman–Crippen MR) is 79.8 cm³/mol. The van der Waals surface area contributed by atoms with Gasteiger partial charge in [0.1, 0.15) is 0 Å². The maximum atomic E-state index is 9.93. The van der Waals surface area contributed by atoms with Crippen LogP contribution < -0.4 is 5.32 Å². The summed E-state index contributed by atoms with van der Waals surface area (Å²) in [7, 11) is 0. The molecule has 118 valence electrons. The summed E-state index contributed by atoms with van der Waals surface area (Å²) >= 11 is 0. The maximum absolute atomic E-state index is 9.93. The molecule has 1 saturated heterocycles. The summed E-state index contributed by atoms with van der Waals surface area (Å²) in [5.74, 6) is 0.844. The highest BCUT2D eigenvalue weighted by molar-refractivity contribution is 4.72. The third-order valence-electron chi connectivity index (χ3n) is 4.51. The van der Waals surface area contributed by atoms with Gasteiger partial charge in [-0.3, -0.25) is 0 Å². The second-order valence-electron chi connectivity index (χ2n) is 6.52. The fraction of sp³-hybridized carbons (Fsp3) is 1.00. The van der Waals surface area contributed by atoms with Gasteiger partial charge in [-0.05, 0) is 50.9 Å². The number of aliphatic hydroxyl groups is 1. The number of aliphatic hydroxyl groups excluding tert-OH is 1. The van der Waals surface area contributed by atoms with Crippen LogP contribution in [0.4, 0.5) is 0 Å². The van der Waals surface area contributed by atoms with Crippen LogP contribution in [-0.2, 0) is 9.47 Å². The minimum absolute atomic E-state index is 0.330.